The summed E-state index contributed by atoms with van der Waals surface area (Å²) in [7, 11) is 1.37. The maximum Gasteiger partial charge on any atom is 0.337 e. The van der Waals surface area contributed by atoms with Crippen molar-refractivity contribution in [3.63, 3.8) is 0 Å². The molecule has 0 saturated heterocycles. The van der Waals surface area contributed by atoms with Crippen LogP contribution in [0.2, 0.25) is 0 Å². The van der Waals surface area contributed by atoms with E-state index < -0.39 is 0 Å². The molecule has 0 amide bonds. The quantitative estimate of drug-likeness (QED) is 0.507. The topological polar surface area (TPSA) is 83.0 Å². The van der Waals surface area contributed by atoms with Crippen LogP contribution < -0.4 is 0 Å². The summed E-state index contributed by atoms with van der Waals surface area (Å²) in [5, 5.41) is 12.4. The molecular weight excluding hydrogens is 316 g/mol. The number of furan rings is 1. The smallest absolute Gasteiger partial charge is 0.337 e. The van der Waals surface area contributed by atoms with Crippen LogP contribution in [0.4, 0.5) is 0 Å². The molecule has 0 bridgehead atoms. The third kappa shape index (κ3) is 3.78. The van der Waals surface area contributed by atoms with Gasteiger partial charge >= 0.3 is 5.97 Å². The fourth-order valence-corrected chi connectivity index (χ4v) is 2.78. The van der Waals surface area contributed by atoms with E-state index in [0.29, 0.717) is 23.0 Å². The van der Waals surface area contributed by atoms with Gasteiger partial charge in [0, 0.05) is 5.75 Å². The third-order valence-corrected chi connectivity index (χ3v) is 4.16. The monoisotopic (exact) mass is 330 g/mol. The van der Waals surface area contributed by atoms with Crippen molar-refractivity contribution in [3.05, 3.63) is 59.5 Å². The van der Waals surface area contributed by atoms with Crippen molar-refractivity contribution in [2.24, 2.45) is 0 Å². The number of hydrogen-bond donors (Lipinski definition) is 0. The second-order valence-electron chi connectivity index (χ2n) is 4.68. The van der Waals surface area contributed by atoms with Gasteiger partial charge in [-0.15, -0.1) is 5.10 Å². The van der Waals surface area contributed by atoms with Gasteiger partial charge in [0.05, 0.1) is 18.9 Å². The van der Waals surface area contributed by atoms with Crippen LogP contribution in [0, 0.1) is 0 Å². The first-order valence-electron chi connectivity index (χ1n) is 6.85. The van der Waals surface area contributed by atoms with Gasteiger partial charge in [0.25, 0.3) is 0 Å². The first kappa shape index (κ1) is 15.3. The zero-order chi connectivity index (χ0) is 16.1. The van der Waals surface area contributed by atoms with E-state index in [4.69, 9.17) is 4.42 Å². The third-order valence-electron chi connectivity index (χ3n) is 3.13. The fraction of sp³-hybridized carbons (Fsp3) is 0.200. The van der Waals surface area contributed by atoms with Crippen molar-refractivity contribution < 1.29 is 13.9 Å². The van der Waals surface area contributed by atoms with Crippen molar-refractivity contribution in [2.75, 3.05) is 7.11 Å². The van der Waals surface area contributed by atoms with Crippen LogP contribution in [0.3, 0.4) is 0 Å². The number of esters is 1. The standard InChI is InChI=1S/C15H14N4O3S/c1-21-14(20)12-6-4-11(5-7-12)10-23-15-16-17-18-19(15)9-13-3-2-8-22-13/h2-8H,9-10H2,1H3. The summed E-state index contributed by atoms with van der Waals surface area (Å²) in [5.74, 6) is 1.15. The zero-order valence-electron chi connectivity index (χ0n) is 12.4. The van der Waals surface area contributed by atoms with Crippen LogP contribution in [0.5, 0.6) is 0 Å². The van der Waals surface area contributed by atoms with Gasteiger partial charge in [-0.05, 0) is 40.3 Å². The van der Waals surface area contributed by atoms with Crippen LogP contribution in [-0.2, 0) is 17.0 Å². The average molecular weight is 330 g/mol. The van der Waals surface area contributed by atoms with Gasteiger partial charge in [0.2, 0.25) is 5.16 Å². The zero-order valence-corrected chi connectivity index (χ0v) is 13.2. The second kappa shape index (κ2) is 7.10. The Labute approximate surface area is 136 Å². The summed E-state index contributed by atoms with van der Waals surface area (Å²) in [5.41, 5.74) is 1.60. The number of nitrogens with zero attached hydrogens (tertiary/aromatic N) is 4. The minimum atomic E-state index is -0.341. The van der Waals surface area contributed by atoms with E-state index in [1.165, 1.54) is 18.9 Å². The largest absolute Gasteiger partial charge is 0.467 e. The first-order chi connectivity index (χ1) is 11.3. The number of carbonyl (C=O) groups excluding carboxylic acids is 1. The number of rotatable bonds is 6. The van der Waals surface area contributed by atoms with Gasteiger partial charge in [-0.3, -0.25) is 0 Å². The number of tetrazole rings is 1. The minimum absolute atomic E-state index is 0.341. The fourth-order valence-electron chi connectivity index (χ4n) is 1.95. The lowest BCUT2D eigenvalue weighted by molar-refractivity contribution is 0.0600. The lowest BCUT2D eigenvalue weighted by Crippen LogP contribution is -2.03. The predicted octanol–water partition coefficient (Wildman–Crippen LogP) is 2.39. The maximum atomic E-state index is 11.4. The Kier molecular flexibility index (Phi) is 4.72. The van der Waals surface area contributed by atoms with E-state index in [2.05, 4.69) is 20.3 Å². The molecule has 7 nitrogen and oxygen atoms in total. The molecule has 118 valence electrons. The predicted molar refractivity (Wildman–Crippen MR) is 83.0 cm³/mol. The molecule has 23 heavy (non-hydrogen) atoms. The van der Waals surface area contributed by atoms with Crippen molar-refractivity contribution in [1.29, 1.82) is 0 Å². The molecule has 1 aromatic carbocycles. The summed E-state index contributed by atoms with van der Waals surface area (Å²) < 4.78 is 11.7. The van der Waals surface area contributed by atoms with Gasteiger partial charge in [0.1, 0.15) is 12.3 Å². The Morgan fingerprint density at radius 2 is 2.13 bits per heavy atom. The molecule has 2 aromatic heterocycles. The van der Waals surface area contributed by atoms with Crippen LogP contribution in [-0.4, -0.2) is 33.3 Å². The molecule has 0 spiro atoms. The van der Waals surface area contributed by atoms with Crippen molar-refractivity contribution in [1.82, 2.24) is 20.2 Å². The van der Waals surface area contributed by atoms with E-state index in [-0.39, 0.29) is 5.97 Å². The minimum Gasteiger partial charge on any atom is -0.467 e. The van der Waals surface area contributed by atoms with E-state index in [9.17, 15) is 4.79 Å². The molecule has 0 N–H and O–H groups in total. The molecule has 0 atom stereocenters. The highest BCUT2D eigenvalue weighted by molar-refractivity contribution is 7.98. The van der Waals surface area contributed by atoms with Crippen LogP contribution in [0.15, 0.2) is 52.2 Å². The van der Waals surface area contributed by atoms with Gasteiger partial charge < -0.3 is 9.15 Å². The number of benzene rings is 1. The molecule has 8 heteroatoms. The van der Waals surface area contributed by atoms with E-state index in [1.807, 2.05) is 24.3 Å². The van der Waals surface area contributed by atoms with Gasteiger partial charge in [-0.2, -0.15) is 0 Å². The highest BCUT2D eigenvalue weighted by Gasteiger charge is 2.10. The van der Waals surface area contributed by atoms with Crippen molar-refractivity contribution in [2.45, 2.75) is 17.5 Å². The van der Waals surface area contributed by atoms with Crippen molar-refractivity contribution >= 4 is 17.7 Å². The molecule has 0 aliphatic carbocycles. The Bertz CT molecular complexity index is 768. The summed E-state index contributed by atoms with van der Waals surface area (Å²) in [4.78, 5) is 11.4. The molecule has 0 aliphatic heterocycles. The average Bonchev–Trinajstić information content (AvgIpc) is 3.25. The van der Waals surface area contributed by atoms with E-state index in [1.54, 1.807) is 23.1 Å². The summed E-state index contributed by atoms with van der Waals surface area (Å²) in [6.07, 6.45) is 1.62. The molecule has 0 saturated carbocycles. The Morgan fingerprint density at radius 3 is 2.83 bits per heavy atom. The summed E-state index contributed by atoms with van der Waals surface area (Å²) in [6.45, 7) is 0.490. The lowest BCUT2D eigenvalue weighted by Gasteiger charge is -2.04. The lowest BCUT2D eigenvalue weighted by atomic mass is 10.1. The van der Waals surface area contributed by atoms with Crippen LogP contribution in [0.25, 0.3) is 0 Å². The van der Waals surface area contributed by atoms with E-state index >= 15 is 0 Å². The Morgan fingerprint density at radius 1 is 1.30 bits per heavy atom. The molecule has 0 unspecified atom stereocenters. The Balaban J connectivity index is 1.62. The highest BCUT2D eigenvalue weighted by Crippen LogP contribution is 2.21. The SMILES string of the molecule is COC(=O)c1ccc(CSc2nnnn2Cc2ccco2)cc1. The van der Waals surface area contributed by atoms with Gasteiger partial charge in [-0.1, -0.05) is 23.9 Å². The molecule has 0 radical (unpaired) electrons. The number of thioether (sulfide) groups is 1. The molecule has 0 fully saturated rings. The van der Waals surface area contributed by atoms with E-state index in [0.717, 1.165) is 11.3 Å². The summed E-state index contributed by atoms with van der Waals surface area (Å²) in [6, 6.07) is 11.0. The number of hydrogen-bond acceptors (Lipinski definition) is 7. The second-order valence-corrected chi connectivity index (χ2v) is 5.62. The highest BCUT2D eigenvalue weighted by atomic mass is 32.2. The number of ether oxygens (including phenoxy) is 1. The molecule has 3 aromatic rings. The molecule has 0 aliphatic rings. The molecular formula is C15H14N4O3S. The summed E-state index contributed by atoms with van der Waals surface area (Å²) >= 11 is 1.52. The number of aromatic nitrogens is 4. The van der Waals surface area contributed by atoms with Gasteiger partial charge in [-0.25, -0.2) is 9.48 Å². The Hall–Kier alpha value is -2.61. The first-order valence-corrected chi connectivity index (χ1v) is 7.83. The van der Waals surface area contributed by atoms with Crippen LogP contribution >= 0.6 is 11.8 Å². The number of methoxy groups -OCH3 is 1. The molecule has 2 heterocycles. The normalized spacial score (nSPS) is 10.7. The maximum absolute atomic E-state index is 11.4. The number of carbonyl (C=O) groups is 1. The van der Waals surface area contributed by atoms with Crippen LogP contribution in [0.1, 0.15) is 21.7 Å². The molecule has 3 rings (SSSR count). The van der Waals surface area contributed by atoms with Gasteiger partial charge in [0.15, 0.2) is 0 Å². The van der Waals surface area contributed by atoms with Crippen molar-refractivity contribution in [3.8, 4) is 0 Å².